The van der Waals surface area contributed by atoms with Crippen molar-refractivity contribution in [2.24, 2.45) is 13.0 Å². The third-order valence-electron chi connectivity index (χ3n) is 3.49. The van der Waals surface area contributed by atoms with Crippen LogP contribution in [0.1, 0.15) is 38.8 Å². The van der Waals surface area contributed by atoms with Crippen molar-refractivity contribution in [2.45, 2.75) is 45.6 Å². The molecule has 0 spiro atoms. The maximum Gasteiger partial charge on any atom is 0.124 e. The summed E-state index contributed by atoms with van der Waals surface area (Å²) in [5.74, 6) is 1.97. The molecule has 1 N–H and O–H groups in total. The summed E-state index contributed by atoms with van der Waals surface area (Å²) >= 11 is 0. The molecule has 1 fully saturated rings. The number of anilines is 1. The van der Waals surface area contributed by atoms with Gasteiger partial charge in [-0.15, -0.1) is 0 Å². The van der Waals surface area contributed by atoms with Gasteiger partial charge in [0.25, 0.3) is 0 Å². The van der Waals surface area contributed by atoms with Crippen molar-refractivity contribution >= 4 is 5.82 Å². The zero-order chi connectivity index (χ0) is 10.8. The summed E-state index contributed by atoms with van der Waals surface area (Å²) in [4.78, 5) is 0. The average Bonchev–Trinajstić information content (AvgIpc) is 2.76. The zero-order valence-electron chi connectivity index (χ0n) is 9.95. The Balaban J connectivity index is 2.06. The predicted molar refractivity (Wildman–Crippen MR) is 63.0 cm³/mol. The molecule has 0 radical (unpaired) electrons. The highest BCUT2D eigenvalue weighted by molar-refractivity contribution is 5.38. The van der Waals surface area contributed by atoms with E-state index in [0.29, 0.717) is 6.04 Å². The third kappa shape index (κ3) is 2.16. The van der Waals surface area contributed by atoms with Gasteiger partial charge in [-0.3, -0.25) is 4.68 Å². The van der Waals surface area contributed by atoms with E-state index in [9.17, 15) is 0 Å². The van der Waals surface area contributed by atoms with Crippen LogP contribution in [0, 0.1) is 5.92 Å². The van der Waals surface area contributed by atoms with Crippen molar-refractivity contribution in [1.29, 1.82) is 0 Å². The fourth-order valence-electron chi connectivity index (χ4n) is 2.38. The maximum absolute atomic E-state index is 4.45. The lowest BCUT2D eigenvalue weighted by Crippen LogP contribution is -2.23. The summed E-state index contributed by atoms with van der Waals surface area (Å²) in [5, 5.41) is 8.06. The highest BCUT2D eigenvalue weighted by atomic mass is 15.3. The first kappa shape index (κ1) is 10.5. The van der Waals surface area contributed by atoms with E-state index in [1.165, 1.54) is 30.8 Å². The Morgan fingerprint density at radius 3 is 2.87 bits per heavy atom. The molecule has 0 aliphatic heterocycles. The monoisotopic (exact) mass is 207 g/mol. The molecule has 2 atom stereocenters. The first-order chi connectivity index (χ1) is 7.20. The van der Waals surface area contributed by atoms with Crippen molar-refractivity contribution in [3.8, 4) is 0 Å². The molecule has 1 saturated carbocycles. The summed E-state index contributed by atoms with van der Waals surface area (Å²) in [7, 11) is 2.01. The van der Waals surface area contributed by atoms with E-state index >= 15 is 0 Å². The Morgan fingerprint density at radius 2 is 2.33 bits per heavy atom. The van der Waals surface area contributed by atoms with Gasteiger partial charge in [0, 0.05) is 19.2 Å². The molecule has 3 nitrogen and oxygen atoms in total. The van der Waals surface area contributed by atoms with Crippen LogP contribution in [0.3, 0.4) is 0 Å². The highest BCUT2D eigenvalue weighted by Gasteiger charge is 2.23. The van der Waals surface area contributed by atoms with Crippen LogP contribution >= 0.6 is 0 Å². The van der Waals surface area contributed by atoms with E-state index in [1.807, 2.05) is 11.7 Å². The molecular formula is C12H21N3. The Labute approximate surface area is 91.9 Å². The average molecular weight is 207 g/mol. The SMILES string of the molecule is CCc1cc(NC2CCCC2C)n(C)n1. The second kappa shape index (κ2) is 4.25. The fourth-order valence-corrected chi connectivity index (χ4v) is 2.38. The van der Waals surface area contributed by atoms with Crippen LogP contribution in [0.15, 0.2) is 6.07 Å². The summed E-state index contributed by atoms with van der Waals surface area (Å²) in [6.45, 7) is 4.48. The number of aromatic nitrogens is 2. The van der Waals surface area contributed by atoms with Crippen molar-refractivity contribution in [3.05, 3.63) is 11.8 Å². The Morgan fingerprint density at radius 1 is 1.53 bits per heavy atom. The van der Waals surface area contributed by atoms with Gasteiger partial charge >= 0.3 is 0 Å². The molecule has 0 saturated heterocycles. The summed E-state index contributed by atoms with van der Waals surface area (Å²) in [5.41, 5.74) is 1.17. The second-order valence-corrected chi connectivity index (χ2v) is 4.66. The first-order valence-corrected chi connectivity index (χ1v) is 6.00. The highest BCUT2D eigenvalue weighted by Crippen LogP contribution is 2.27. The Hall–Kier alpha value is -0.990. The maximum atomic E-state index is 4.45. The minimum atomic E-state index is 0.644. The molecular weight excluding hydrogens is 186 g/mol. The zero-order valence-corrected chi connectivity index (χ0v) is 9.95. The van der Waals surface area contributed by atoms with E-state index < -0.39 is 0 Å². The van der Waals surface area contributed by atoms with Crippen molar-refractivity contribution in [3.63, 3.8) is 0 Å². The van der Waals surface area contributed by atoms with E-state index in [0.717, 1.165) is 12.3 Å². The van der Waals surface area contributed by atoms with Crippen molar-refractivity contribution in [1.82, 2.24) is 9.78 Å². The number of aryl methyl sites for hydroxylation is 2. The van der Waals surface area contributed by atoms with Gasteiger partial charge in [-0.25, -0.2) is 0 Å². The van der Waals surface area contributed by atoms with Gasteiger partial charge in [0.1, 0.15) is 5.82 Å². The van der Waals surface area contributed by atoms with E-state index in [2.05, 4.69) is 30.3 Å². The summed E-state index contributed by atoms with van der Waals surface area (Å²) in [6, 6.07) is 2.82. The van der Waals surface area contributed by atoms with Gasteiger partial charge in [-0.2, -0.15) is 5.10 Å². The number of rotatable bonds is 3. The first-order valence-electron chi connectivity index (χ1n) is 6.00. The van der Waals surface area contributed by atoms with Gasteiger partial charge in [0.05, 0.1) is 5.69 Å². The normalized spacial score (nSPS) is 25.8. The Kier molecular flexibility index (Phi) is 2.98. The number of nitrogens with one attached hydrogen (secondary N) is 1. The molecule has 1 aliphatic rings. The molecule has 2 unspecified atom stereocenters. The topological polar surface area (TPSA) is 29.9 Å². The lowest BCUT2D eigenvalue weighted by Gasteiger charge is -2.18. The fraction of sp³-hybridized carbons (Fsp3) is 0.750. The van der Waals surface area contributed by atoms with Crippen LogP contribution in [0.5, 0.6) is 0 Å². The minimum Gasteiger partial charge on any atom is -0.367 e. The van der Waals surface area contributed by atoms with Crippen LogP contribution in [-0.2, 0) is 13.5 Å². The standard InChI is InChI=1S/C12H21N3/c1-4-10-8-12(15(3)14-10)13-11-7-5-6-9(11)2/h8-9,11,13H,4-7H2,1-3H3. The van der Waals surface area contributed by atoms with Gasteiger partial charge in [0.2, 0.25) is 0 Å². The number of hydrogen-bond acceptors (Lipinski definition) is 2. The molecule has 2 rings (SSSR count). The summed E-state index contributed by atoms with van der Waals surface area (Å²) in [6.07, 6.45) is 5.02. The predicted octanol–water partition coefficient (Wildman–Crippen LogP) is 2.58. The smallest absolute Gasteiger partial charge is 0.124 e. The molecule has 1 aromatic heterocycles. The van der Waals surface area contributed by atoms with Crippen molar-refractivity contribution < 1.29 is 0 Å². The minimum absolute atomic E-state index is 0.644. The molecule has 0 bridgehead atoms. The number of nitrogens with zero attached hydrogens (tertiary/aromatic N) is 2. The molecule has 1 aliphatic carbocycles. The van der Waals surface area contributed by atoms with Gasteiger partial charge in [-0.1, -0.05) is 20.3 Å². The number of hydrogen-bond donors (Lipinski definition) is 1. The van der Waals surface area contributed by atoms with Crippen LogP contribution in [-0.4, -0.2) is 15.8 Å². The second-order valence-electron chi connectivity index (χ2n) is 4.66. The van der Waals surface area contributed by atoms with Crippen LogP contribution in [0.4, 0.5) is 5.82 Å². The molecule has 84 valence electrons. The molecule has 15 heavy (non-hydrogen) atoms. The molecule has 3 heteroatoms. The van der Waals surface area contributed by atoms with Crippen molar-refractivity contribution in [2.75, 3.05) is 5.32 Å². The van der Waals surface area contributed by atoms with E-state index in [-0.39, 0.29) is 0 Å². The van der Waals surface area contributed by atoms with E-state index in [4.69, 9.17) is 0 Å². The quantitative estimate of drug-likeness (QED) is 0.825. The van der Waals surface area contributed by atoms with Gasteiger partial charge < -0.3 is 5.32 Å². The van der Waals surface area contributed by atoms with Gasteiger partial charge in [0.15, 0.2) is 0 Å². The Bertz CT molecular complexity index is 330. The van der Waals surface area contributed by atoms with Crippen LogP contribution < -0.4 is 5.32 Å². The lowest BCUT2D eigenvalue weighted by atomic mass is 10.1. The molecule has 0 amide bonds. The van der Waals surface area contributed by atoms with Crippen LogP contribution in [0.2, 0.25) is 0 Å². The molecule has 0 aromatic carbocycles. The third-order valence-corrected chi connectivity index (χ3v) is 3.49. The van der Waals surface area contributed by atoms with Crippen LogP contribution in [0.25, 0.3) is 0 Å². The van der Waals surface area contributed by atoms with E-state index in [1.54, 1.807) is 0 Å². The summed E-state index contributed by atoms with van der Waals surface area (Å²) < 4.78 is 1.96. The van der Waals surface area contributed by atoms with Gasteiger partial charge in [-0.05, 0) is 25.2 Å². The molecule has 1 aromatic rings. The largest absolute Gasteiger partial charge is 0.367 e. The lowest BCUT2D eigenvalue weighted by molar-refractivity contribution is 0.550. The molecule has 1 heterocycles.